The minimum Gasteiger partial charge on any atom is -0.486 e. The number of nitrogens with one attached hydrogen (secondary N) is 3. The fraction of sp³-hybridized carbons (Fsp3) is 0.316. The Bertz CT molecular complexity index is 1020. The van der Waals surface area contributed by atoms with E-state index in [-0.39, 0.29) is 17.8 Å². The van der Waals surface area contributed by atoms with E-state index in [0.29, 0.717) is 46.5 Å². The molecule has 0 bridgehead atoms. The Hall–Kier alpha value is -2.39. The van der Waals surface area contributed by atoms with Gasteiger partial charge in [-0.2, -0.15) is 5.10 Å². The second kappa shape index (κ2) is 8.54. The van der Waals surface area contributed by atoms with Gasteiger partial charge in [-0.15, -0.1) is 0 Å². The Morgan fingerprint density at radius 1 is 1.34 bits per heavy atom. The number of carbonyl (C=O) groups excluding carboxylic acids is 1. The number of fused-ring (bicyclic) bond motifs is 1. The minimum atomic E-state index is -0.414. The molecule has 2 unspecified atom stereocenters. The quantitative estimate of drug-likeness (QED) is 0.569. The average molecular weight is 436 g/mol. The summed E-state index contributed by atoms with van der Waals surface area (Å²) in [5, 5.41) is 14.6. The summed E-state index contributed by atoms with van der Waals surface area (Å²) in [6.45, 7) is 3.56. The molecule has 2 atom stereocenters. The predicted octanol–water partition coefficient (Wildman–Crippen LogP) is 3.08. The van der Waals surface area contributed by atoms with Crippen LogP contribution in [-0.4, -0.2) is 47.0 Å². The smallest absolute Gasteiger partial charge is 0.273 e. The highest BCUT2D eigenvalue weighted by Gasteiger charge is 2.21. The summed E-state index contributed by atoms with van der Waals surface area (Å²) < 4.78 is 11.4. The zero-order chi connectivity index (χ0) is 20.4. The summed E-state index contributed by atoms with van der Waals surface area (Å²) in [5.41, 5.74) is 1.66. The maximum absolute atomic E-state index is 12.7. The summed E-state index contributed by atoms with van der Waals surface area (Å²) in [6.07, 6.45) is 2.38. The molecule has 1 amide bonds. The number of halogens is 2. The van der Waals surface area contributed by atoms with E-state index in [9.17, 15) is 4.79 Å². The maximum Gasteiger partial charge on any atom is 0.273 e. The molecule has 3 N–H and O–H groups in total. The van der Waals surface area contributed by atoms with E-state index in [1.165, 1.54) is 12.4 Å². The van der Waals surface area contributed by atoms with Gasteiger partial charge in [-0.05, 0) is 25.1 Å². The van der Waals surface area contributed by atoms with Crippen molar-refractivity contribution >= 4 is 40.0 Å². The number of nitrogens with zero attached hydrogens (tertiary/aromatic N) is 2. The lowest BCUT2D eigenvalue weighted by Crippen LogP contribution is -2.52. The van der Waals surface area contributed by atoms with Crippen molar-refractivity contribution in [1.29, 1.82) is 0 Å². The summed E-state index contributed by atoms with van der Waals surface area (Å²) >= 11 is 12.4. The van der Waals surface area contributed by atoms with Gasteiger partial charge in [0, 0.05) is 29.9 Å². The van der Waals surface area contributed by atoms with Crippen LogP contribution in [0.5, 0.6) is 5.75 Å². The Balaban J connectivity index is 1.55. The largest absolute Gasteiger partial charge is 0.486 e. The van der Waals surface area contributed by atoms with Gasteiger partial charge in [0.25, 0.3) is 5.91 Å². The fourth-order valence-corrected chi connectivity index (χ4v) is 3.87. The Morgan fingerprint density at radius 3 is 2.86 bits per heavy atom. The van der Waals surface area contributed by atoms with Crippen LogP contribution in [0, 0.1) is 0 Å². The predicted molar refractivity (Wildman–Crippen MR) is 109 cm³/mol. The lowest BCUT2D eigenvalue weighted by Gasteiger charge is -2.24. The van der Waals surface area contributed by atoms with Crippen molar-refractivity contribution in [2.24, 2.45) is 0 Å². The van der Waals surface area contributed by atoms with Crippen molar-refractivity contribution in [3.8, 4) is 5.75 Å². The van der Waals surface area contributed by atoms with Gasteiger partial charge in [-0.1, -0.05) is 23.2 Å². The van der Waals surface area contributed by atoms with E-state index in [1.54, 1.807) is 18.2 Å². The molecule has 0 saturated carbocycles. The molecular weight excluding hydrogens is 417 g/mol. The van der Waals surface area contributed by atoms with Gasteiger partial charge in [0.15, 0.2) is 5.69 Å². The van der Waals surface area contributed by atoms with Crippen LogP contribution in [-0.2, 0) is 4.74 Å². The zero-order valence-corrected chi connectivity index (χ0v) is 17.0. The number of rotatable bonds is 5. The topological polar surface area (TPSA) is 101 Å². The molecule has 10 heteroatoms. The normalized spacial score (nSPS) is 17.8. The number of benzene rings is 1. The second-order valence-corrected chi connectivity index (χ2v) is 7.43. The summed E-state index contributed by atoms with van der Waals surface area (Å²) in [6, 6.07) is 5.36. The second-order valence-electron chi connectivity index (χ2n) is 6.61. The molecule has 8 nitrogen and oxygen atoms in total. The van der Waals surface area contributed by atoms with Gasteiger partial charge >= 0.3 is 0 Å². The van der Waals surface area contributed by atoms with Crippen LogP contribution in [0.25, 0.3) is 10.9 Å². The highest BCUT2D eigenvalue weighted by molar-refractivity contribution is 6.35. The molecule has 1 aliphatic heterocycles. The van der Waals surface area contributed by atoms with Gasteiger partial charge in [-0.3, -0.25) is 20.2 Å². The highest BCUT2D eigenvalue weighted by atomic mass is 35.5. The Labute approximate surface area is 176 Å². The summed E-state index contributed by atoms with van der Waals surface area (Å²) in [7, 11) is 0. The number of aromatic amines is 1. The molecule has 29 heavy (non-hydrogen) atoms. The first-order valence-electron chi connectivity index (χ1n) is 9.08. The number of aromatic nitrogens is 3. The van der Waals surface area contributed by atoms with Crippen LogP contribution < -0.4 is 15.4 Å². The van der Waals surface area contributed by atoms with Crippen LogP contribution in [0.4, 0.5) is 0 Å². The number of carbonyl (C=O) groups is 1. The zero-order valence-electron chi connectivity index (χ0n) is 15.5. The van der Waals surface area contributed by atoms with Crippen molar-refractivity contribution in [3.05, 3.63) is 51.9 Å². The lowest BCUT2D eigenvalue weighted by atomic mass is 10.1. The molecular formula is C19H19Cl2N5O3. The maximum atomic E-state index is 12.7. The van der Waals surface area contributed by atoms with Gasteiger partial charge in [0.1, 0.15) is 18.0 Å². The van der Waals surface area contributed by atoms with Crippen LogP contribution >= 0.6 is 23.2 Å². The number of hydrogen-bond acceptors (Lipinski definition) is 6. The van der Waals surface area contributed by atoms with Gasteiger partial charge < -0.3 is 14.8 Å². The average Bonchev–Trinajstić information content (AvgIpc) is 3.12. The third-order valence-electron chi connectivity index (χ3n) is 4.59. The monoisotopic (exact) mass is 435 g/mol. The third-order valence-corrected chi connectivity index (χ3v) is 5.19. The van der Waals surface area contributed by atoms with E-state index in [1.807, 2.05) is 6.92 Å². The van der Waals surface area contributed by atoms with Crippen LogP contribution in [0.2, 0.25) is 10.0 Å². The number of pyridine rings is 1. The van der Waals surface area contributed by atoms with Gasteiger partial charge in [0.05, 0.1) is 28.8 Å². The SMILES string of the molecule is CC(Oc1ccc2[nH]nc(C(=O)NC3COCCN3)c2c1)c1c(Cl)cncc1Cl. The molecule has 1 aliphatic rings. The van der Waals surface area contributed by atoms with Crippen molar-refractivity contribution in [1.82, 2.24) is 25.8 Å². The van der Waals surface area contributed by atoms with Crippen molar-refractivity contribution in [2.45, 2.75) is 19.2 Å². The summed E-state index contributed by atoms with van der Waals surface area (Å²) in [4.78, 5) is 16.6. The Morgan fingerprint density at radius 2 is 2.14 bits per heavy atom. The Kier molecular flexibility index (Phi) is 5.86. The molecule has 0 radical (unpaired) electrons. The molecule has 152 valence electrons. The highest BCUT2D eigenvalue weighted by Crippen LogP contribution is 2.33. The lowest BCUT2D eigenvalue weighted by molar-refractivity contribution is 0.0584. The first-order chi connectivity index (χ1) is 14.0. The number of H-pyrrole nitrogens is 1. The van der Waals surface area contributed by atoms with E-state index < -0.39 is 6.10 Å². The van der Waals surface area contributed by atoms with Crippen LogP contribution in [0.15, 0.2) is 30.6 Å². The molecule has 1 fully saturated rings. The van der Waals surface area contributed by atoms with Crippen molar-refractivity contribution < 1.29 is 14.3 Å². The van der Waals surface area contributed by atoms with E-state index in [2.05, 4.69) is 25.8 Å². The molecule has 4 rings (SSSR count). The number of hydrogen-bond donors (Lipinski definition) is 3. The minimum absolute atomic E-state index is 0.251. The van der Waals surface area contributed by atoms with Gasteiger partial charge in [0.2, 0.25) is 0 Å². The standard InChI is InChI=1S/C19H19Cl2N5O3/c1-10(17-13(20)7-22-8-14(17)21)29-11-2-3-15-12(6-11)18(26-25-15)19(27)24-16-9-28-5-4-23-16/h2-3,6-8,10,16,23H,4-5,9H2,1H3,(H,24,27)(H,25,26). The van der Waals surface area contributed by atoms with Crippen LogP contribution in [0.3, 0.4) is 0 Å². The fourth-order valence-electron chi connectivity index (χ4n) is 3.20. The van der Waals surface area contributed by atoms with Crippen LogP contribution in [0.1, 0.15) is 29.1 Å². The first kappa shape index (κ1) is 19.9. The number of ether oxygens (including phenoxy) is 2. The first-order valence-corrected chi connectivity index (χ1v) is 9.84. The van der Waals surface area contributed by atoms with E-state index in [0.717, 1.165) is 5.52 Å². The molecule has 3 aromatic rings. The molecule has 0 aliphatic carbocycles. The van der Waals surface area contributed by atoms with Gasteiger partial charge in [-0.25, -0.2) is 0 Å². The molecule has 1 saturated heterocycles. The molecule has 1 aromatic carbocycles. The van der Waals surface area contributed by atoms with E-state index in [4.69, 9.17) is 32.7 Å². The molecule has 3 heterocycles. The van der Waals surface area contributed by atoms with Crippen molar-refractivity contribution in [2.75, 3.05) is 19.8 Å². The number of morpholine rings is 1. The third kappa shape index (κ3) is 4.30. The molecule has 0 spiro atoms. The number of amides is 1. The summed E-state index contributed by atoms with van der Waals surface area (Å²) in [5.74, 6) is 0.258. The van der Waals surface area contributed by atoms with Crippen molar-refractivity contribution in [3.63, 3.8) is 0 Å². The van der Waals surface area contributed by atoms with E-state index >= 15 is 0 Å². The molecule has 2 aromatic heterocycles.